The molecule has 1 amide bonds. The van der Waals surface area contributed by atoms with Crippen molar-refractivity contribution in [1.82, 2.24) is 15.2 Å². The second-order valence-electron chi connectivity index (χ2n) is 6.98. The van der Waals surface area contributed by atoms with Crippen molar-refractivity contribution in [3.05, 3.63) is 65.5 Å². The van der Waals surface area contributed by atoms with Crippen LogP contribution in [0.4, 0.5) is 0 Å². The second-order valence-corrected chi connectivity index (χ2v) is 6.98. The summed E-state index contributed by atoms with van der Waals surface area (Å²) in [5.41, 5.74) is 3.93. The highest BCUT2D eigenvalue weighted by atomic mass is 16.1. The fourth-order valence-corrected chi connectivity index (χ4v) is 3.41. The van der Waals surface area contributed by atoms with Gasteiger partial charge in [-0.25, -0.2) is 0 Å². The van der Waals surface area contributed by atoms with Gasteiger partial charge in [0.1, 0.15) is 0 Å². The molecule has 0 spiro atoms. The first-order chi connectivity index (χ1) is 12.2. The van der Waals surface area contributed by atoms with Crippen molar-refractivity contribution in [3.8, 4) is 0 Å². The first-order valence-electron chi connectivity index (χ1n) is 9.13. The van der Waals surface area contributed by atoms with Crippen molar-refractivity contribution in [2.45, 2.75) is 32.7 Å². The minimum Gasteiger partial charge on any atom is -0.356 e. The van der Waals surface area contributed by atoms with Crippen molar-refractivity contribution < 1.29 is 4.79 Å². The predicted molar refractivity (Wildman–Crippen MR) is 100 cm³/mol. The zero-order valence-electron chi connectivity index (χ0n) is 14.9. The molecular weight excluding hydrogens is 310 g/mol. The molecule has 0 saturated carbocycles. The monoisotopic (exact) mass is 337 g/mol. The highest BCUT2D eigenvalue weighted by Gasteiger charge is 2.23. The molecule has 4 heteroatoms. The third kappa shape index (κ3) is 5.40. The van der Waals surface area contributed by atoms with Crippen molar-refractivity contribution in [3.63, 3.8) is 0 Å². The Bertz CT molecular complexity index is 687. The lowest BCUT2D eigenvalue weighted by Crippen LogP contribution is -2.31. The third-order valence-corrected chi connectivity index (χ3v) is 5.00. The molecule has 0 unspecified atom stereocenters. The van der Waals surface area contributed by atoms with E-state index in [0.717, 1.165) is 44.6 Å². The van der Waals surface area contributed by atoms with E-state index in [9.17, 15) is 4.79 Å². The molecule has 0 bridgehead atoms. The number of amides is 1. The van der Waals surface area contributed by atoms with Crippen LogP contribution in [0.2, 0.25) is 0 Å². The average Bonchev–Trinajstić information content (AvgIpc) is 3.08. The average molecular weight is 337 g/mol. The second kappa shape index (κ2) is 8.77. The van der Waals surface area contributed by atoms with Crippen LogP contribution in [0, 0.1) is 12.8 Å². The van der Waals surface area contributed by atoms with Crippen molar-refractivity contribution in [1.29, 1.82) is 0 Å². The maximum Gasteiger partial charge on any atom is 0.220 e. The van der Waals surface area contributed by atoms with Crippen LogP contribution < -0.4 is 5.32 Å². The summed E-state index contributed by atoms with van der Waals surface area (Å²) in [6, 6.07) is 12.5. The van der Waals surface area contributed by atoms with Crippen molar-refractivity contribution >= 4 is 5.91 Å². The van der Waals surface area contributed by atoms with Gasteiger partial charge in [0.15, 0.2) is 0 Å². The zero-order valence-corrected chi connectivity index (χ0v) is 14.9. The number of benzene rings is 1. The van der Waals surface area contributed by atoms with E-state index < -0.39 is 0 Å². The molecule has 0 aliphatic carbocycles. The van der Waals surface area contributed by atoms with Gasteiger partial charge >= 0.3 is 0 Å². The molecule has 1 fully saturated rings. The van der Waals surface area contributed by atoms with Crippen LogP contribution in [0.15, 0.2) is 48.8 Å². The van der Waals surface area contributed by atoms with E-state index >= 15 is 0 Å². The molecule has 1 N–H and O–H groups in total. The lowest BCUT2D eigenvalue weighted by Gasteiger charge is -2.17. The molecule has 1 aliphatic heterocycles. The summed E-state index contributed by atoms with van der Waals surface area (Å²) in [5.74, 6) is 0.711. The number of hydrogen-bond acceptors (Lipinski definition) is 3. The van der Waals surface area contributed by atoms with Gasteiger partial charge < -0.3 is 5.32 Å². The molecule has 25 heavy (non-hydrogen) atoms. The van der Waals surface area contributed by atoms with Crippen LogP contribution in [0.5, 0.6) is 0 Å². The number of pyridine rings is 1. The van der Waals surface area contributed by atoms with Gasteiger partial charge in [0.25, 0.3) is 0 Å². The number of aromatic nitrogens is 1. The molecule has 1 saturated heterocycles. The Morgan fingerprint density at radius 3 is 2.84 bits per heavy atom. The highest BCUT2D eigenvalue weighted by molar-refractivity contribution is 5.76. The lowest BCUT2D eigenvalue weighted by atomic mass is 10.1. The molecule has 3 rings (SSSR count). The Labute approximate surface area is 150 Å². The van der Waals surface area contributed by atoms with E-state index in [1.165, 1.54) is 11.1 Å². The molecule has 132 valence electrons. The Morgan fingerprint density at radius 1 is 1.24 bits per heavy atom. The fourth-order valence-electron chi connectivity index (χ4n) is 3.41. The minimum atomic E-state index is 0.147. The number of rotatable bonds is 7. The zero-order chi connectivity index (χ0) is 17.5. The smallest absolute Gasteiger partial charge is 0.220 e. The van der Waals surface area contributed by atoms with Gasteiger partial charge in [0.05, 0.1) is 0 Å². The topological polar surface area (TPSA) is 45.2 Å². The first kappa shape index (κ1) is 17.6. The Hall–Kier alpha value is -2.20. The number of nitrogens with zero attached hydrogens (tertiary/aromatic N) is 2. The maximum absolute atomic E-state index is 12.0. The van der Waals surface area contributed by atoms with Gasteiger partial charge in [-0.15, -0.1) is 0 Å². The molecular formula is C21H27N3O. The molecule has 1 atom stereocenters. The summed E-state index contributed by atoms with van der Waals surface area (Å²) in [5, 5.41) is 3.11. The van der Waals surface area contributed by atoms with Gasteiger partial charge in [0.2, 0.25) is 5.91 Å². The number of hydrogen-bond donors (Lipinski definition) is 1. The molecule has 4 nitrogen and oxygen atoms in total. The summed E-state index contributed by atoms with van der Waals surface area (Å²) >= 11 is 0. The van der Waals surface area contributed by atoms with Crippen molar-refractivity contribution in [2.24, 2.45) is 5.92 Å². The maximum atomic E-state index is 12.0. The largest absolute Gasteiger partial charge is 0.356 e. The van der Waals surface area contributed by atoms with Crippen molar-refractivity contribution in [2.75, 3.05) is 19.6 Å². The molecule has 1 aliphatic rings. The molecule has 0 radical (unpaired) electrons. The van der Waals surface area contributed by atoms with E-state index in [4.69, 9.17) is 0 Å². The van der Waals surface area contributed by atoms with Crippen LogP contribution in [-0.2, 0) is 17.8 Å². The van der Waals surface area contributed by atoms with Gasteiger partial charge in [-0.2, -0.15) is 0 Å². The lowest BCUT2D eigenvalue weighted by molar-refractivity contribution is -0.121. The summed E-state index contributed by atoms with van der Waals surface area (Å²) in [6.07, 6.45) is 6.03. The van der Waals surface area contributed by atoms with E-state index in [0.29, 0.717) is 12.3 Å². The number of aryl methyl sites for hydroxylation is 2. The van der Waals surface area contributed by atoms with Crippen LogP contribution >= 0.6 is 0 Å². The van der Waals surface area contributed by atoms with Crippen LogP contribution in [0.25, 0.3) is 0 Å². The van der Waals surface area contributed by atoms with Gasteiger partial charge in [-0.1, -0.05) is 24.3 Å². The summed E-state index contributed by atoms with van der Waals surface area (Å²) in [7, 11) is 0. The molecule has 2 aromatic rings. The van der Waals surface area contributed by atoms with E-state index in [-0.39, 0.29) is 5.91 Å². The Kier molecular flexibility index (Phi) is 6.18. The van der Waals surface area contributed by atoms with Crippen LogP contribution in [0.1, 0.15) is 29.5 Å². The molecule has 2 heterocycles. The fraction of sp³-hybridized carbons (Fsp3) is 0.429. The quantitative estimate of drug-likeness (QED) is 0.845. The highest BCUT2D eigenvalue weighted by Crippen LogP contribution is 2.19. The first-order valence-corrected chi connectivity index (χ1v) is 9.13. The van der Waals surface area contributed by atoms with Crippen LogP contribution in [0.3, 0.4) is 0 Å². The Balaban J connectivity index is 1.37. The van der Waals surface area contributed by atoms with Crippen LogP contribution in [-0.4, -0.2) is 35.4 Å². The van der Waals surface area contributed by atoms with Gasteiger partial charge in [0, 0.05) is 38.4 Å². The third-order valence-electron chi connectivity index (χ3n) is 5.00. The normalized spacial score (nSPS) is 17.6. The molecule has 1 aromatic heterocycles. The van der Waals surface area contributed by atoms with E-state index in [1.807, 2.05) is 12.1 Å². The number of carbonyl (C=O) groups is 1. The number of carbonyl (C=O) groups excluding carboxylic acids is 1. The SMILES string of the molecule is Cc1ccccc1CN1CC[C@H](CNC(=O)CCc2ccncc2)C1. The minimum absolute atomic E-state index is 0.147. The number of nitrogens with one attached hydrogen (secondary N) is 1. The summed E-state index contributed by atoms with van der Waals surface area (Å²) < 4.78 is 0. The van der Waals surface area contributed by atoms with E-state index in [2.05, 4.69) is 46.4 Å². The number of likely N-dealkylation sites (tertiary alicyclic amines) is 1. The Morgan fingerprint density at radius 2 is 2.04 bits per heavy atom. The summed E-state index contributed by atoms with van der Waals surface area (Å²) in [4.78, 5) is 18.5. The van der Waals surface area contributed by atoms with E-state index in [1.54, 1.807) is 12.4 Å². The molecule has 1 aromatic carbocycles. The van der Waals surface area contributed by atoms with Gasteiger partial charge in [-0.05, 0) is 61.1 Å². The standard InChI is InChI=1S/C21H27N3O/c1-17-4-2-3-5-20(17)16-24-13-10-19(15-24)14-23-21(25)7-6-18-8-11-22-12-9-18/h2-5,8-9,11-12,19H,6-7,10,13-16H2,1H3,(H,23,25)/t19-/m1/s1. The van der Waals surface area contributed by atoms with Gasteiger partial charge in [-0.3, -0.25) is 14.7 Å². The predicted octanol–water partition coefficient (Wildman–Crippen LogP) is 2.96. The summed E-state index contributed by atoms with van der Waals surface area (Å²) in [6.45, 7) is 6.16.